The second-order valence-electron chi connectivity index (χ2n) is 6.13. The van der Waals surface area contributed by atoms with Crippen molar-refractivity contribution in [3.63, 3.8) is 0 Å². The molecule has 0 unspecified atom stereocenters. The molecule has 0 saturated carbocycles. The standard InChI is InChI=1S/C18H26FN3O2.ClH/c19-16-8-6-15(7-9-16)18(24)22-13-11-21(12-14-22)17(23)5-3-1-2-4-10-20;/h6-9H,1-5,10-14,20H2;1H. The Morgan fingerprint density at radius 3 is 2.08 bits per heavy atom. The zero-order valence-corrected chi connectivity index (χ0v) is 15.3. The molecule has 2 rings (SSSR count). The van der Waals surface area contributed by atoms with Crippen LogP contribution in [-0.4, -0.2) is 54.3 Å². The molecule has 2 amide bonds. The Morgan fingerprint density at radius 1 is 0.920 bits per heavy atom. The number of hydrogen-bond donors (Lipinski definition) is 1. The van der Waals surface area contributed by atoms with Crippen molar-refractivity contribution in [2.75, 3.05) is 32.7 Å². The van der Waals surface area contributed by atoms with E-state index in [1.54, 1.807) is 4.90 Å². The van der Waals surface area contributed by atoms with Crippen molar-refractivity contribution in [1.29, 1.82) is 0 Å². The fraction of sp³-hybridized carbons (Fsp3) is 0.556. The average Bonchev–Trinajstić information content (AvgIpc) is 2.61. The molecule has 1 heterocycles. The molecule has 1 saturated heterocycles. The summed E-state index contributed by atoms with van der Waals surface area (Å²) in [5, 5.41) is 0. The summed E-state index contributed by atoms with van der Waals surface area (Å²) < 4.78 is 12.9. The number of benzene rings is 1. The Labute approximate surface area is 154 Å². The van der Waals surface area contributed by atoms with E-state index in [0.29, 0.717) is 44.7 Å². The Bertz CT molecular complexity index is 546. The van der Waals surface area contributed by atoms with Crippen LogP contribution in [-0.2, 0) is 4.79 Å². The van der Waals surface area contributed by atoms with Gasteiger partial charge >= 0.3 is 0 Å². The molecule has 0 bridgehead atoms. The molecule has 7 heteroatoms. The van der Waals surface area contributed by atoms with Gasteiger partial charge in [-0.3, -0.25) is 9.59 Å². The van der Waals surface area contributed by atoms with Crippen molar-refractivity contribution in [2.45, 2.75) is 32.1 Å². The van der Waals surface area contributed by atoms with Crippen LogP contribution < -0.4 is 5.73 Å². The molecule has 1 aromatic carbocycles. The maximum Gasteiger partial charge on any atom is 0.253 e. The molecule has 1 aliphatic heterocycles. The van der Waals surface area contributed by atoms with Gasteiger partial charge in [-0.25, -0.2) is 4.39 Å². The smallest absolute Gasteiger partial charge is 0.253 e. The molecule has 25 heavy (non-hydrogen) atoms. The van der Waals surface area contributed by atoms with Gasteiger partial charge in [-0.1, -0.05) is 12.8 Å². The van der Waals surface area contributed by atoms with Gasteiger partial charge < -0.3 is 15.5 Å². The van der Waals surface area contributed by atoms with Gasteiger partial charge in [-0.2, -0.15) is 0 Å². The van der Waals surface area contributed by atoms with Gasteiger partial charge in [0.1, 0.15) is 5.82 Å². The van der Waals surface area contributed by atoms with E-state index in [2.05, 4.69) is 0 Å². The van der Waals surface area contributed by atoms with Gasteiger partial charge in [-0.15, -0.1) is 12.4 Å². The first-order chi connectivity index (χ1) is 11.6. The molecule has 1 aliphatic rings. The number of nitrogens with zero attached hydrogens (tertiary/aromatic N) is 2. The highest BCUT2D eigenvalue weighted by Crippen LogP contribution is 2.12. The number of halogens is 2. The maximum atomic E-state index is 12.9. The minimum atomic E-state index is -0.353. The van der Waals surface area contributed by atoms with Gasteiger partial charge in [0.05, 0.1) is 0 Å². The highest BCUT2D eigenvalue weighted by Gasteiger charge is 2.24. The van der Waals surface area contributed by atoms with Crippen LogP contribution in [0.2, 0.25) is 0 Å². The summed E-state index contributed by atoms with van der Waals surface area (Å²) in [6, 6.07) is 5.57. The van der Waals surface area contributed by atoms with Gasteiger partial charge in [0, 0.05) is 38.2 Å². The fourth-order valence-corrected chi connectivity index (χ4v) is 2.87. The molecule has 0 atom stereocenters. The third-order valence-electron chi connectivity index (χ3n) is 4.36. The third-order valence-corrected chi connectivity index (χ3v) is 4.36. The second-order valence-corrected chi connectivity index (χ2v) is 6.13. The number of amides is 2. The minimum Gasteiger partial charge on any atom is -0.339 e. The molecular formula is C18H27ClFN3O2. The predicted molar refractivity (Wildman–Crippen MR) is 98.3 cm³/mol. The molecule has 0 spiro atoms. The van der Waals surface area contributed by atoms with Crippen LogP contribution in [0.5, 0.6) is 0 Å². The fourth-order valence-electron chi connectivity index (χ4n) is 2.87. The topological polar surface area (TPSA) is 66.6 Å². The Morgan fingerprint density at radius 2 is 1.48 bits per heavy atom. The van der Waals surface area contributed by atoms with E-state index in [1.807, 2.05) is 4.90 Å². The number of piperazine rings is 1. The summed E-state index contributed by atoms with van der Waals surface area (Å²) in [7, 11) is 0. The molecule has 0 aromatic heterocycles. The highest BCUT2D eigenvalue weighted by atomic mass is 35.5. The van der Waals surface area contributed by atoms with E-state index in [1.165, 1.54) is 24.3 Å². The van der Waals surface area contributed by atoms with E-state index in [9.17, 15) is 14.0 Å². The van der Waals surface area contributed by atoms with Crippen LogP contribution in [0, 0.1) is 5.82 Å². The van der Waals surface area contributed by atoms with Crippen molar-refractivity contribution in [3.8, 4) is 0 Å². The summed E-state index contributed by atoms with van der Waals surface area (Å²) in [5.41, 5.74) is 5.93. The lowest BCUT2D eigenvalue weighted by Gasteiger charge is -2.35. The SMILES string of the molecule is Cl.NCCCCCCC(=O)N1CCN(C(=O)c2ccc(F)cc2)CC1. The monoisotopic (exact) mass is 371 g/mol. The summed E-state index contributed by atoms with van der Waals surface area (Å²) in [6.07, 6.45) is 4.58. The van der Waals surface area contributed by atoms with Crippen molar-refractivity contribution >= 4 is 24.2 Å². The second kappa shape index (κ2) is 11.1. The van der Waals surface area contributed by atoms with Crippen LogP contribution >= 0.6 is 12.4 Å². The largest absolute Gasteiger partial charge is 0.339 e. The lowest BCUT2D eigenvalue weighted by Crippen LogP contribution is -2.50. The lowest BCUT2D eigenvalue weighted by molar-refractivity contribution is -0.132. The van der Waals surface area contributed by atoms with Crippen LogP contribution in [0.3, 0.4) is 0 Å². The van der Waals surface area contributed by atoms with Crippen molar-refractivity contribution in [1.82, 2.24) is 9.80 Å². The molecule has 0 radical (unpaired) electrons. The zero-order chi connectivity index (χ0) is 17.4. The normalized spacial score (nSPS) is 14.2. The number of rotatable bonds is 7. The number of hydrogen-bond acceptors (Lipinski definition) is 3. The molecule has 5 nitrogen and oxygen atoms in total. The average molecular weight is 372 g/mol. The summed E-state index contributed by atoms with van der Waals surface area (Å²) >= 11 is 0. The Balaban J connectivity index is 0.00000312. The first-order valence-electron chi connectivity index (χ1n) is 8.64. The molecular weight excluding hydrogens is 345 g/mol. The number of carbonyl (C=O) groups excluding carboxylic acids is 2. The van der Waals surface area contributed by atoms with Crippen LogP contribution in [0.25, 0.3) is 0 Å². The third kappa shape index (κ3) is 6.63. The molecule has 1 aromatic rings. The summed E-state index contributed by atoms with van der Waals surface area (Å²) in [6.45, 7) is 2.88. The van der Waals surface area contributed by atoms with Crippen LogP contribution in [0.15, 0.2) is 24.3 Å². The van der Waals surface area contributed by atoms with Gasteiger partial charge in [0.15, 0.2) is 0 Å². The number of unbranched alkanes of at least 4 members (excludes halogenated alkanes) is 3. The lowest BCUT2D eigenvalue weighted by atomic mass is 10.1. The van der Waals surface area contributed by atoms with E-state index in [4.69, 9.17) is 5.73 Å². The van der Waals surface area contributed by atoms with Gasteiger partial charge in [0.2, 0.25) is 5.91 Å². The van der Waals surface area contributed by atoms with Crippen molar-refractivity contribution in [2.24, 2.45) is 5.73 Å². The zero-order valence-electron chi connectivity index (χ0n) is 14.5. The quantitative estimate of drug-likeness (QED) is 0.748. The van der Waals surface area contributed by atoms with Crippen molar-refractivity contribution < 1.29 is 14.0 Å². The van der Waals surface area contributed by atoms with Crippen LogP contribution in [0.4, 0.5) is 4.39 Å². The minimum absolute atomic E-state index is 0. The van der Waals surface area contributed by atoms with E-state index in [0.717, 1.165) is 25.7 Å². The van der Waals surface area contributed by atoms with Gasteiger partial charge in [-0.05, 0) is 43.7 Å². The summed E-state index contributed by atoms with van der Waals surface area (Å²) in [4.78, 5) is 28.1. The van der Waals surface area contributed by atoms with Crippen LogP contribution in [0.1, 0.15) is 42.5 Å². The molecule has 140 valence electrons. The summed E-state index contributed by atoms with van der Waals surface area (Å²) in [5.74, 6) is -0.297. The van der Waals surface area contributed by atoms with Gasteiger partial charge in [0.25, 0.3) is 5.91 Å². The first kappa shape index (κ1) is 21.4. The molecule has 0 aliphatic carbocycles. The molecule has 2 N–H and O–H groups in total. The number of carbonyl (C=O) groups is 2. The predicted octanol–water partition coefficient (Wildman–Crippen LogP) is 2.44. The number of nitrogens with two attached hydrogens (primary N) is 1. The highest BCUT2D eigenvalue weighted by molar-refractivity contribution is 5.94. The first-order valence-corrected chi connectivity index (χ1v) is 8.64. The Kier molecular flexibility index (Phi) is 9.45. The Hall–Kier alpha value is -1.66. The van der Waals surface area contributed by atoms with Crippen molar-refractivity contribution in [3.05, 3.63) is 35.6 Å². The maximum absolute atomic E-state index is 12.9. The molecule has 1 fully saturated rings. The van der Waals surface area contributed by atoms with E-state index >= 15 is 0 Å². The van der Waals surface area contributed by atoms with E-state index in [-0.39, 0.29) is 30.0 Å². The van der Waals surface area contributed by atoms with E-state index < -0.39 is 0 Å².